The Kier molecular flexibility index (Phi) is 9.10. The van der Waals surface area contributed by atoms with Crippen molar-refractivity contribution in [1.82, 2.24) is 0 Å². The van der Waals surface area contributed by atoms with Gasteiger partial charge in [-0.2, -0.15) is 94.1 Å². The molecule has 0 nitrogen and oxygen atoms in total. The molecule has 1 saturated carbocycles. The van der Waals surface area contributed by atoms with Crippen LogP contribution in [0.2, 0.25) is 0 Å². The topological polar surface area (TPSA) is 0 Å². The molecule has 0 spiro atoms. The number of hydrogen-bond donors (Lipinski definition) is 0. The predicted octanol–water partition coefficient (Wildman–Crippen LogP) is 6.14. The monoisotopic (exact) mass is 528 g/mol. The quantitative estimate of drug-likeness (QED) is 0.243. The average molecular weight is 529 g/mol. The number of hydrogen-bond acceptors (Lipinski definition) is 8. The molecule has 0 bridgehead atoms. The largest absolute Gasteiger partial charge is 0.161 e. The lowest BCUT2D eigenvalue weighted by Crippen LogP contribution is -2.40. The first-order valence-corrected chi connectivity index (χ1v) is 19.3. The molecule has 4 aliphatic heterocycles. The maximum absolute atomic E-state index is 2.39. The second-order valence-corrected chi connectivity index (χ2v) is 18.7. The summed E-state index contributed by atoms with van der Waals surface area (Å²) in [6, 6.07) is 0. The molecule has 1 aliphatic carbocycles. The van der Waals surface area contributed by atoms with Gasteiger partial charge in [-0.3, -0.25) is 0 Å². The van der Waals surface area contributed by atoms with E-state index in [0.29, 0.717) is 0 Å². The first-order valence-electron chi connectivity index (χ1n) is 10.7. The standard InChI is InChI=1S/C20H32S8/c1-13(3-21-4-14-6-23-14)2-20(28-11-17-9-26-17)18(12-22-5-15-7-24-15)19(1)27-10-16-8-25-16/h13-20H,1-12H2. The molecule has 5 rings (SSSR count). The van der Waals surface area contributed by atoms with Crippen LogP contribution in [0.4, 0.5) is 0 Å². The van der Waals surface area contributed by atoms with Gasteiger partial charge in [-0.1, -0.05) is 0 Å². The molecular weight excluding hydrogens is 497 g/mol. The molecule has 0 N–H and O–H groups in total. The van der Waals surface area contributed by atoms with Crippen LogP contribution in [0.25, 0.3) is 0 Å². The Bertz CT molecular complexity index is 463. The fraction of sp³-hybridized carbons (Fsp3) is 1.00. The fourth-order valence-corrected chi connectivity index (χ4v) is 13.9. The van der Waals surface area contributed by atoms with Gasteiger partial charge in [0.05, 0.1) is 0 Å². The first-order chi connectivity index (χ1) is 13.8. The van der Waals surface area contributed by atoms with Crippen LogP contribution in [0.15, 0.2) is 0 Å². The zero-order valence-electron chi connectivity index (χ0n) is 16.4. The molecule has 0 amide bonds. The van der Waals surface area contributed by atoms with Crippen molar-refractivity contribution in [3.05, 3.63) is 0 Å². The molecule has 0 aromatic carbocycles. The van der Waals surface area contributed by atoms with E-state index >= 15 is 0 Å². The third-order valence-electron chi connectivity index (χ3n) is 5.96. The van der Waals surface area contributed by atoms with Gasteiger partial charge in [-0.15, -0.1) is 0 Å². The molecule has 28 heavy (non-hydrogen) atoms. The van der Waals surface area contributed by atoms with E-state index < -0.39 is 0 Å². The zero-order chi connectivity index (χ0) is 18.8. The van der Waals surface area contributed by atoms with Crippen molar-refractivity contribution in [1.29, 1.82) is 0 Å². The summed E-state index contributed by atoms with van der Waals surface area (Å²) in [7, 11) is 0. The van der Waals surface area contributed by atoms with Crippen molar-refractivity contribution >= 4 is 94.1 Å². The Morgan fingerprint density at radius 3 is 1.43 bits per heavy atom. The van der Waals surface area contributed by atoms with E-state index in [9.17, 15) is 0 Å². The van der Waals surface area contributed by atoms with Gasteiger partial charge in [0.15, 0.2) is 0 Å². The van der Waals surface area contributed by atoms with Crippen LogP contribution in [-0.2, 0) is 0 Å². The number of thioether (sulfide) groups is 8. The lowest BCUT2D eigenvalue weighted by Gasteiger charge is -2.42. The molecule has 6 atom stereocenters. The normalized spacial score (nSPS) is 43.7. The summed E-state index contributed by atoms with van der Waals surface area (Å²) >= 11 is 18.1. The number of rotatable bonds is 14. The van der Waals surface area contributed by atoms with Gasteiger partial charge in [0.1, 0.15) is 0 Å². The van der Waals surface area contributed by atoms with Crippen LogP contribution in [0.5, 0.6) is 0 Å². The van der Waals surface area contributed by atoms with E-state index in [1.807, 2.05) is 0 Å². The molecule has 8 heteroatoms. The third-order valence-corrected chi connectivity index (χ3v) is 16.4. The minimum absolute atomic E-state index is 0.944. The zero-order valence-corrected chi connectivity index (χ0v) is 22.9. The Labute approximate surface area is 206 Å². The van der Waals surface area contributed by atoms with Crippen molar-refractivity contribution in [3.8, 4) is 0 Å². The minimum atomic E-state index is 0.944. The Balaban J connectivity index is 1.17. The summed E-state index contributed by atoms with van der Waals surface area (Å²) in [5.74, 6) is 16.3. The summed E-state index contributed by atoms with van der Waals surface area (Å²) in [6.07, 6.45) is 3.04. The fourth-order valence-electron chi connectivity index (χ4n) is 3.90. The molecular formula is C20H32S8. The van der Waals surface area contributed by atoms with Crippen molar-refractivity contribution in [2.45, 2.75) is 44.3 Å². The molecule has 4 heterocycles. The van der Waals surface area contributed by atoms with Crippen molar-refractivity contribution in [2.24, 2.45) is 11.8 Å². The Morgan fingerprint density at radius 1 is 0.536 bits per heavy atom. The summed E-state index contributed by atoms with van der Waals surface area (Å²) < 4.78 is 0. The molecule has 0 aromatic heterocycles. The van der Waals surface area contributed by atoms with Gasteiger partial charge in [0.2, 0.25) is 0 Å². The van der Waals surface area contributed by atoms with Crippen LogP contribution >= 0.6 is 94.1 Å². The SMILES string of the molecule is C(SCC1CS1)C1CC(SCC2CS2)C(CSCC2CS2)C(SCC2CS2)C1. The van der Waals surface area contributed by atoms with E-state index in [1.165, 1.54) is 70.4 Å². The molecule has 5 aliphatic rings. The van der Waals surface area contributed by atoms with Crippen molar-refractivity contribution in [2.75, 3.05) is 57.5 Å². The van der Waals surface area contributed by atoms with Gasteiger partial charge >= 0.3 is 0 Å². The van der Waals surface area contributed by atoms with Crippen LogP contribution in [0, 0.1) is 11.8 Å². The highest BCUT2D eigenvalue weighted by Gasteiger charge is 2.40. The lowest BCUT2D eigenvalue weighted by atomic mass is 9.83. The Morgan fingerprint density at radius 2 is 0.964 bits per heavy atom. The smallest absolute Gasteiger partial charge is 0.0229 e. The predicted molar refractivity (Wildman–Crippen MR) is 148 cm³/mol. The van der Waals surface area contributed by atoms with E-state index in [4.69, 9.17) is 0 Å². The first kappa shape index (κ1) is 22.6. The van der Waals surface area contributed by atoms with Crippen molar-refractivity contribution < 1.29 is 0 Å². The molecule has 4 saturated heterocycles. The van der Waals surface area contributed by atoms with Gasteiger partial charge in [0, 0.05) is 77.5 Å². The van der Waals surface area contributed by atoms with Gasteiger partial charge in [-0.05, 0) is 36.2 Å². The summed E-state index contributed by atoms with van der Waals surface area (Å²) in [6.45, 7) is 0. The van der Waals surface area contributed by atoms with E-state index in [-0.39, 0.29) is 0 Å². The highest BCUT2D eigenvalue weighted by molar-refractivity contribution is 8.10. The molecule has 160 valence electrons. The molecule has 0 radical (unpaired) electrons. The summed E-state index contributed by atoms with van der Waals surface area (Å²) in [5, 5.41) is 5.89. The van der Waals surface area contributed by atoms with Crippen LogP contribution in [0.3, 0.4) is 0 Å². The Hall–Kier alpha value is 2.80. The lowest BCUT2D eigenvalue weighted by molar-refractivity contribution is 0.336. The second-order valence-electron chi connectivity index (χ2n) is 8.64. The average Bonchev–Trinajstić information content (AvgIpc) is 3.56. The summed E-state index contributed by atoms with van der Waals surface area (Å²) in [4.78, 5) is 0. The molecule has 0 aromatic rings. The van der Waals surface area contributed by atoms with Crippen molar-refractivity contribution in [3.63, 3.8) is 0 Å². The highest BCUT2D eigenvalue weighted by Crippen LogP contribution is 2.48. The van der Waals surface area contributed by atoms with Crippen LogP contribution < -0.4 is 0 Å². The third kappa shape index (κ3) is 7.98. The van der Waals surface area contributed by atoms with E-state index in [2.05, 4.69) is 94.1 Å². The maximum atomic E-state index is 2.39. The van der Waals surface area contributed by atoms with Gasteiger partial charge in [0.25, 0.3) is 0 Å². The maximum Gasteiger partial charge on any atom is 0.0229 e. The highest BCUT2D eigenvalue weighted by atomic mass is 32.2. The molecule has 6 unspecified atom stereocenters. The van der Waals surface area contributed by atoms with Crippen LogP contribution in [0.1, 0.15) is 12.8 Å². The van der Waals surface area contributed by atoms with Gasteiger partial charge in [-0.25, -0.2) is 0 Å². The summed E-state index contributed by atoms with van der Waals surface area (Å²) in [5.41, 5.74) is 0. The van der Waals surface area contributed by atoms with E-state index in [0.717, 1.165) is 43.3 Å². The minimum Gasteiger partial charge on any atom is -0.161 e. The second kappa shape index (κ2) is 11.3. The van der Waals surface area contributed by atoms with Gasteiger partial charge < -0.3 is 0 Å². The molecule has 5 fully saturated rings. The van der Waals surface area contributed by atoms with E-state index in [1.54, 1.807) is 0 Å². The van der Waals surface area contributed by atoms with Crippen LogP contribution in [-0.4, -0.2) is 89.0 Å².